The minimum absolute atomic E-state index is 0.118. The topological polar surface area (TPSA) is 86.0 Å². The molecule has 0 aliphatic heterocycles. The summed E-state index contributed by atoms with van der Waals surface area (Å²) < 4.78 is 10.8. The minimum atomic E-state index is -0.472. The molecular weight excluding hydrogens is 286 g/mol. The standard InChI is InChI=1S/C15H23N3O4/c1-4-5-6-7-8-22-15-13(18(19)20)9-12(11-17-16-2)10-14(15)21-3/h9-11,16H,4-8H2,1-3H3/b17-11+. The summed E-state index contributed by atoms with van der Waals surface area (Å²) in [5, 5.41) is 15.1. The van der Waals surface area contributed by atoms with E-state index in [-0.39, 0.29) is 11.4 Å². The van der Waals surface area contributed by atoms with E-state index >= 15 is 0 Å². The van der Waals surface area contributed by atoms with E-state index < -0.39 is 4.92 Å². The second-order valence-electron chi connectivity index (χ2n) is 4.72. The quantitative estimate of drug-likeness (QED) is 0.310. The van der Waals surface area contributed by atoms with Crippen LogP contribution in [0, 0.1) is 10.1 Å². The number of hydrogen-bond donors (Lipinski definition) is 1. The number of ether oxygens (including phenoxy) is 2. The molecule has 7 nitrogen and oxygen atoms in total. The van der Waals surface area contributed by atoms with Crippen LogP contribution in [0.4, 0.5) is 5.69 Å². The normalized spacial score (nSPS) is 10.7. The van der Waals surface area contributed by atoms with E-state index in [9.17, 15) is 10.1 Å². The Bertz CT molecular complexity index is 518. The molecule has 0 heterocycles. The first kappa shape index (κ1) is 17.7. The molecule has 22 heavy (non-hydrogen) atoms. The molecule has 0 spiro atoms. The van der Waals surface area contributed by atoms with Crippen molar-refractivity contribution in [2.24, 2.45) is 5.10 Å². The summed E-state index contributed by atoms with van der Waals surface area (Å²) in [6.45, 7) is 2.56. The lowest BCUT2D eigenvalue weighted by Crippen LogP contribution is -2.04. The average molecular weight is 309 g/mol. The Hall–Kier alpha value is -2.31. The summed E-state index contributed by atoms with van der Waals surface area (Å²) in [6.07, 6.45) is 5.64. The highest BCUT2D eigenvalue weighted by Crippen LogP contribution is 2.38. The molecule has 0 atom stereocenters. The van der Waals surface area contributed by atoms with Gasteiger partial charge in [0.1, 0.15) is 0 Å². The molecular formula is C15H23N3O4. The van der Waals surface area contributed by atoms with Crippen molar-refractivity contribution in [2.45, 2.75) is 32.6 Å². The van der Waals surface area contributed by atoms with Crippen LogP contribution in [-0.2, 0) is 0 Å². The van der Waals surface area contributed by atoms with Gasteiger partial charge in [0.05, 0.1) is 24.9 Å². The van der Waals surface area contributed by atoms with Gasteiger partial charge in [-0.3, -0.25) is 10.1 Å². The fourth-order valence-electron chi connectivity index (χ4n) is 1.96. The molecule has 0 aromatic heterocycles. The lowest BCUT2D eigenvalue weighted by Gasteiger charge is -2.11. The van der Waals surface area contributed by atoms with Crippen molar-refractivity contribution >= 4 is 11.9 Å². The number of hydrazone groups is 1. The zero-order chi connectivity index (χ0) is 16.4. The van der Waals surface area contributed by atoms with Gasteiger partial charge < -0.3 is 14.9 Å². The zero-order valence-electron chi connectivity index (χ0n) is 13.3. The second kappa shape index (κ2) is 9.59. The van der Waals surface area contributed by atoms with E-state index in [1.807, 2.05) is 0 Å². The molecule has 1 rings (SSSR count). The fourth-order valence-corrected chi connectivity index (χ4v) is 1.96. The minimum Gasteiger partial charge on any atom is -0.493 e. The fraction of sp³-hybridized carbons (Fsp3) is 0.533. The van der Waals surface area contributed by atoms with Crippen LogP contribution in [-0.4, -0.2) is 31.9 Å². The second-order valence-corrected chi connectivity index (χ2v) is 4.72. The summed E-state index contributed by atoms with van der Waals surface area (Å²) >= 11 is 0. The van der Waals surface area contributed by atoms with Crippen molar-refractivity contribution in [2.75, 3.05) is 20.8 Å². The van der Waals surface area contributed by atoms with E-state index in [2.05, 4.69) is 17.5 Å². The Morgan fingerprint density at radius 3 is 2.73 bits per heavy atom. The van der Waals surface area contributed by atoms with Crippen LogP contribution in [0.15, 0.2) is 17.2 Å². The number of rotatable bonds is 10. The van der Waals surface area contributed by atoms with Crippen LogP contribution >= 0.6 is 0 Å². The highest BCUT2D eigenvalue weighted by Gasteiger charge is 2.21. The van der Waals surface area contributed by atoms with Gasteiger partial charge in [-0.25, -0.2) is 0 Å². The van der Waals surface area contributed by atoms with Gasteiger partial charge in [0.15, 0.2) is 5.75 Å². The Morgan fingerprint density at radius 2 is 2.14 bits per heavy atom. The number of benzene rings is 1. The van der Waals surface area contributed by atoms with Gasteiger partial charge >= 0.3 is 5.69 Å². The van der Waals surface area contributed by atoms with Gasteiger partial charge in [-0.1, -0.05) is 26.2 Å². The summed E-state index contributed by atoms with van der Waals surface area (Å²) in [6, 6.07) is 3.08. The van der Waals surface area contributed by atoms with Crippen LogP contribution in [0.5, 0.6) is 11.5 Å². The zero-order valence-corrected chi connectivity index (χ0v) is 13.3. The lowest BCUT2D eigenvalue weighted by molar-refractivity contribution is -0.386. The van der Waals surface area contributed by atoms with Gasteiger partial charge in [0, 0.05) is 18.7 Å². The number of nitro groups is 1. The van der Waals surface area contributed by atoms with Crippen LogP contribution in [0.25, 0.3) is 0 Å². The first-order valence-electron chi connectivity index (χ1n) is 7.33. The summed E-state index contributed by atoms with van der Waals surface area (Å²) in [5.41, 5.74) is 3.05. The van der Waals surface area contributed by atoms with Gasteiger partial charge in [0.2, 0.25) is 5.75 Å². The molecule has 0 aliphatic carbocycles. The molecule has 7 heteroatoms. The number of nitro benzene ring substituents is 1. The highest BCUT2D eigenvalue weighted by atomic mass is 16.6. The predicted octanol–water partition coefficient (Wildman–Crippen LogP) is 3.12. The predicted molar refractivity (Wildman–Crippen MR) is 85.9 cm³/mol. The van der Waals surface area contributed by atoms with Gasteiger partial charge in [-0.15, -0.1) is 0 Å². The number of hydrogen-bond acceptors (Lipinski definition) is 6. The SMILES string of the molecule is CCCCCCOc1c(OC)cc(/C=N/NC)cc1[N+](=O)[O-]. The van der Waals surface area contributed by atoms with Gasteiger partial charge in [-0.05, 0) is 12.5 Å². The lowest BCUT2D eigenvalue weighted by atomic mass is 10.1. The Balaban J connectivity index is 2.97. The third kappa shape index (κ3) is 5.23. The average Bonchev–Trinajstić information content (AvgIpc) is 2.52. The van der Waals surface area contributed by atoms with E-state index in [0.29, 0.717) is 17.9 Å². The number of nitrogens with one attached hydrogen (secondary N) is 1. The van der Waals surface area contributed by atoms with E-state index in [4.69, 9.17) is 9.47 Å². The molecule has 0 saturated carbocycles. The van der Waals surface area contributed by atoms with E-state index in [0.717, 1.165) is 25.7 Å². The maximum Gasteiger partial charge on any atom is 0.315 e. The summed E-state index contributed by atoms with van der Waals surface area (Å²) in [5.74, 6) is 0.507. The Morgan fingerprint density at radius 1 is 1.36 bits per heavy atom. The molecule has 1 aromatic carbocycles. The third-order valence-electron chi connectivity index (χ3n) is 3.06. The van der Waals surface area contributed by atoms with Crippen LogP contribution in [0.3, 0.4) is 0 Å². The molecule has 0 fully saturated rings. The molecule has 1 N–H and O–H groups in total. The molecule has 122 valence electrons. The molecule has 0 radical (unpaired) electrons. The Kier molecular flexibility index (Phi) is 7.74. The summed E-state index contributed by atoms with van der Waals surface area (Å²) in [7, 11) is 3.11. The number of unbranched alkanes of at least 4 members (excludes halogenated alkanes) is 3. The smallest absolute Gasteiger partial charge is 0.315 e. The van der Waals surface area contributed by atoms with Crippen molar-refractivity contribution in [1.29, 1.82) is 0 Å². The van der Waals surface area contributed by atoms with Crippen molar-refractivity contribution < 1.29 is 14.4 Å². The first-order chi connectivity index (χ1) is 10.6. The molecule has 0 amide bonds. The number of nitrogens with zero attached hydrogens (tertiary/aromatic N) is 2. The van der Waals surface area contributed by atoms with Crippen molar-refractivity contribution in [3.63, 3.8) is 0 Å². The molecule has 0 saturated heterocycles. The molecule has 0 unspecified atom stereocenters. The summed E-state index contributed by atoms with van der Waals surface area (Å²) in [4.78, 5) is 10.8. The van der Waals surface area contributed by atoms with Crippen LogP contribution in [0.1, 0.15) is 38.2 Å². The first-order valence-corrected chi connectivity index (χ1v) is 7.33. The van der Waals surface area contributed by atoms with E-state index in [1.165, 1.54) is 19.4 Å². The maximum absolute atomic E-state index is 11.3. The molecule has 0 bridgehead atoms. The maximum atomic E-state index is 11.3. The molecule has 0 aliphatic rings. The van der Waals surface area contributed by atoms with Gasteiger partial charge in [-0.2, -0.15) is 5.10 Å². The van der Waals surface area contributed by atoms with Crippen LogP contribution < -0.4 is 14.9 Å². The monoisotopic (exact) mass is 309 g/mol. The number of methoxy groups -OCH3 is 1. The largest absolute Gasteiger partial charge is 0.493 e. The van der Waals surface area contributed by atoms with Gasteiger partial charge in [0.25, 0.3) is 0 Å². The molecule has 1 aromatic rings. The third-order valence-corrected chi connectivity index (χ3v) is 3.06. The van der Waals surface area contributed by atoms with E-state index in [1.54, 1.807) is 13.1 Å². The van der Waals surface area contributed by atoms with Crippen LogP contribution in [0.2, 0.25) is 0 Å². The Labute approximate surface area is 130 Å². The van der Waals surface area contributed by atoms with Crippen molar-refractivity contribution in [1.82, 2.24) is 5.43 Å². The van der Waals surface area contributed by atoms with Crippen molar-refractivity contribution in [3.05, 3.63) is 27.8 Å². The highest BCUT2D eigenvalue weighted by molar-refractivity contribution is 5.83. The van der Waals surface area contributed by atoms with Crippen molar-refractivity contribution in [3.8, 4) is 11.5 Å².